The van der Waals surface area contributed by atoms with Gasteiger partial charge in [0.15, 0.2) is 6.29 Å². The normalized spacial score (nSPS) is 23.1. The van der Waals surface area contributed by atoms with Gasteiger partial charge in [-0.3, -0.25) is 9.59 Å². The van der Waals surface area contributed by atoms with Gasteiger partial charge in [0.05, 0.1) is 12.7 Å². The summed E-state index contributed by atoms with van der Waals surface area (Å²) < 4.78 is 30.4. The lowest BCUT2D eigenvalue weighted by Gasteiger charge is -2.36. The monoisotopic (exact) mass is 764 g/mol. The molecule has 7 nitrogen and oxygen atoms in total. The predicted molar refractivity (Wildman–Crippen MR) is 220 cm³/mol. The van der Waals surface area contributed by atoms with Crippen LogP contribution in [0.2, 0.25) is 0 Å². The zero-order valence-corrected chi connectivity index (χ0v) is 33.4. The molecule has 6 rings (SSSR count). The summed E-state index contributed by atoms with van der Waals surface area (Å²) in [7, 11) is 0. The van der Waals surface area contributed by atoms with E-state index in [-0.39, 0.29) is 36.5 Å². The van der Waals surface area contributed by atoms with Crippen LogP contribution >= 0.6 is 0 Å². The first kappa shape index (κ1) is 42.0. The highest BCUT2D eigenvalue weighted by Crippen LogP contribution is 2.41. The van der Waals surface area contributed by atoms with E-state index in [9.17, 15) is 9.59 Å². The highest BCUT2D eigenvalue weighted by molar-refractivity contribution is 5.84. The molecule has 1 saturated carbocycles. The van der Waals surface area contributed by atoms with Gasteiger partial charge < -0.3 is 23.7 Å². The lowest BCUT2D eigenvalue weighted by molar-refractivity contribution is -0.192. The molecule has 2 heterocycles. The molecule has 5 atom stereocenters. The van der Waals surface area contributed by atoms with Crippen LogP contribution in [0.5, 0.6) is 0 Å². The fourth-order valence-corrected chi connectivity index (χ4v) is 8.69. The average molecular weight is 765 g/mol. The van der Waals surface area contributed by atoms with Crippen molar-refractivity contribution in [3.8, 4) is 0 Å². The number of ketones is 1. The molecule has 3 aliphatic rings. The molecule has 1 aliphatic carbocycles. The van der Waals surface area contributed by atoms with Gasteiger partial charge in [-0.25, -0.2) is 0 Å². The van der Waals surface area contributed by atoms with Gasteiger partial charge >= 0.3 is 5.97 Å². The van der Waals surface area contributed by atoms with Crippen molar-refractivity contribution in [3.63, 3.8) is 0 Å². The minimum Gasteiger partial charge on any atom is -0.436 e. The van der Waals surface area contributed by atoms with Crippen LogP contribution in [0, 0.1) is 11.8 Å². The number of esters is 1. The number of allylic oxidation sites excluding steroid dienone is 1. The van der Waals surface area contributed by atoms with E-state index in [2.05, 4.69) is 103 Å². The molecule has 3 aromatic carbocycles. The molecule has 0 spiro atoms. The third-order valence-corrected chi connectivity index (χ3v) is 11.7. The van der Waals surface area contributed by atoms with Crippen molar-refractivity contribution in [1.82, 2.24) is 0 Å². The molecular formula is C49H64O7. The third kappa shape index (κ3) is 12.2. The van der Waals surface area contributed by atoms with E-state index in [0.29, 0.717) is 31.8 Å². The highest BCUT2D eigenvalue weighted by Gasteiger charge is 2.42. The van der Waals surface area contributed by atoms with Gasteiger partial charge in [0, 0.05) is 44.3 Å². The first-order chi connectivity index (χ1) is 27.6. The number of rotatable bonds is 22. The Morgan fingerprint density at radius 1 is 0.679 bits per heavy atom. The molecule has 2 saturated heterocycles. The minimum atomic E-state index is -0.680. The molecule has 0 N–H and O–H groups in total. The molecule has 302 valence electrons. The van der Waals surface area contributed by atoms with Gasteiger partial charge in [-0.1, -0.05) is 135 Å². The maximum absolute atomic E-state index is 13.4. The number of ether oxygens (including phenoxy) is 5. The van der Waals surface area contributed by atoms with E-state index in [1.54, 1.807) is 0 Å². The van der Waals surface area contributed by atoms with Crippen LogP contribution < -0.4 is 0 Å². The zero-order valence-electron chi connectivity index (χ0n) is 33.4. The summed E-state index contributed by atoms with van der Waals surface area (Å²) >= 11 is 0. The van der Waals surface area contributed by atoms with Crippen molar-refractivity contribution >= 4 is 11.8 Å². The summed E-state index contributed by atoms with van der Waals surface area (Å²) in [6, 6.07) is 31.7. The zero-order chi connectivity index (χ0) is 38.7. The number of hydrogen-bond donors (Lipinski definition) is 0. The summed E-state index contributed by atoms with van der Waals surface area (Å²) in [4.78, 5) is 25.6. The molecule has 3 fully saturated rings. The fourth-order valence-electron chi connectivity index (χ4n) is 8.69. The van der Waals surface area contributed by atoms with Crippen LogP contribution in [0.15, 0.2) is 103 Å². The van der Waals surface area contributed by atoms with E-state index in [1.165, 1.54) is 0 Å². The van der Waals surface area contributed by atoms with Gasteiger partial charge in [0.1, 0.15) is 11.4 Å². The minimum absolute atomic E-state index is 0.0236. The summed E-state index contributed by atoms with van der Waals surface area (Å²) in [6.45, 7) is 2.06. The Bertz CT molecular complexity index is 1480. The summed E-state index contributed by atoms with van der Waals surface area (Å²) in [5.41, 5.74) is 2.71. The quantitative estimate of drug-likeness (QED) is 0.0436. The number of benzene rings is 3. The SMILES string of the molecule is O=C(CCCCCC[C@H]1C(=O)C[C@@H](OC2CCCCO2)[C@@H]1C=CCCCCCCOC(c1ccccc1)(c1ccccc1)c1ccccc1)OC1CCCCO1. The summed E-state index contributed by atoms with van der Waals surface area (Å²) in [6.07, 6.45) is 20.5. The molecule has 0 radical (unpaired) electrons. The topological polar surface area (TPSA) is 80.3 Å². The second-order valence-corrected chi connectivity index (χ2v) is 15.8. The Morgan fingerprint density at radius 2 is 1.25 bits per heavy atom. The van der Waals surface area contributed by atoms with Crippen LogP contribution in [0.3, 0.4) is 0 Å². The first-order valence-corrected chi connectivity index (χ1v) is 21.7. The largest absolute Gasteiger partial charge is 0.436 e. The molecule has 0 amide bonds. The Labute approximate surface area is 335 Å². The molecule has 0 bridgehead atoms. The second kappa shape index (κ2) is 23.0. The second-order valence-electron chi connectivity index (χ2n) is 15.8. The Kier molecular flexibility index (Phi) is 17.2. The van der Waals surface area contributed by atoms with Gasteiger partial charge in [-0.2, -0.15) is 0 Å². The number of Topliss-reactive ketones (excluding diaryl/α,β-unsaturated/α-hetero) is 1. The predicted octanol–water partition coefficient (Wildman–Crippen LogP) is 11.0. The van der Waals surface area contributed by atoms with Crippen molar-refractivity contribution in [2.75, 3.05) is 19.8 Å². The van der Waals surface area contributed by atoms with Crippen molar-refractivity contribution in [2.45, 2.75) is 140 Å². The number of carbonyl (C=O) groups is 2. The van der Waals surface area contributed by atoms with Crippen molar-refractivity contribution < 1.29 is 33.3 Å². The lowest BCUT2D eigenvalue weighted by atomic mass is 9.80. The van der Waals surface area contributed by atoms with E-state index in [0.717, 1.165) is 126 Å². The van der Waals surface area contributed by atoms with Gasteiger partial charge in [0.2, 0.25) is 6.29 Å². The number of carbonyl (C=O) groups excluding carboxylic acids is 2. The van der Waals surface area contributed by atoms with E-state index >= 15 is 0 Å². The first-order valence-electron chi connectivity index (χ1n) is 21.7. The smallest absolute Gasteiger partial charge is 0.308 e. The van der Waals surface area contributed by atoms with Crippen LogP contribution in [0.4, 0.5) is 0 Å². The molecule has 7 heteroatoms. The van der Waals surface area contributed by atoms with Gasteiger partial charge in [0.25, 0.3) is 0 Å². The summed E-state index contributed by atoms with van der Waals surface area (Å²) in [5, 5.41) is 0. The lowest BCUT2D eigenvalue weighted by Crippen LogP contribution is -2.33. The average Bonchev–Trinajstić information content (AvgIpc) is 3.53. The van der Waals surface area contributed by atoms with Gasteiger partial charge in [-0.15, -0.1) is 0 Å². The maximum atomic E-state index is 13.4. The van der Waals surface area contributed by atoms with E-state index in [4.69, 9.17) is 23.7 Å². The Hall–Kier alpha value is -3.62. The van der Waals surface area contributed by atoms with Crippen LogP contribution in [-0.2, 0) is 38.9 Å². The van der Waals surface area contributed by atoms with Crippen LogP contribution in [-0.4, -0.2) is 50.3 Å². The van der Waals surface area contributed by atoms with Crippen molar-refractivity contribution in [3.05, 3.63) is 120 Å². The Morgan fingerprint density at radius 3 is 1.86 bits per heavy atom. The number of hydrogen-bond acceptors (Lipinski definition) is 7. The molecular weight excluding hydrogens is 701 g/mol. The molecule has 2 aliphatic heterocycles. The molecule has 0 aromatic heterocycles. The standard InChI is InChI=1S/C49H64O7/c50-44-38-45(55-47-33-19-22-35-52-47)43(42(44)30-16-4-5-18-32-46(51)56-48-34-20-23-36-53-48)31-17-3-1-2-6-21-37-54-49(39-24-10-7-11-25-39,40-26-12-8-13-27-40)41-28-14-9-15-29-41/h7-15,17,24-29,31,42-43,45,47-48H,1-6,16,18-23,30,32-38H2/t42-,43-,45-,47?,48?/m1/s1. The highest BCUT2D eigenvalue weighted by atomic mass is 16.7. The van der Waals surface area contributed by atoms with Crippen molar-refractivity contribution in [1.29, 1.82) is 0 Å². The van der Waals surface area contributed by atoms with Gasteiger partial charge in [-0.05, 0) is 80.9 Å². The molecule has 56 heavy (non-hydrogen) atoms. The fraction of sp³-hybridized carbons (Fsp3) is 0.551. The molecule has 2 unspecified atom stereocenters. The number of unbranched alkanes of at least 4 members (excludes halogenated alkanes) is 7. The molecule has 3 aromatic rings. The maximum Gasteiger partial charge on any atom is 0.308 e. The van der Waals surface area contributed by atoms with Crippen LogP contribution in [0.25, 0.3) is 0 Å². The van der Waals surface area contributed by atoms with E-state index in [1.807, 2.05) is 0 Å². The van der Waals surface area contributed by atoms with Crippen molar-refractivity contribution in [2.24, 2.45) is 11.8 Å². The third-order valence-electron chi connectivity index (χ3n) is 11.7. The Balaban J connectivity index is 0.960. The van der Waals surface area contributed by atoms with Crippen LogP contribution in [0.1, 0.15) is 132 Å². The summed E-state index contributed by atoms with van der Waals surface area (Å²) in [5.74, 6) is 0.204. The van der Waals surface area contributed by atoms with E-state index < -0.39 is 5.60 Å².